The zero-order valence-electron chi connectivity index (χ0n) is 17.5. The number of likely N-dealkylation sites (N-methyl/N-ethyl adjacent to an activating group) is 1. The largest absolute Gasteiger partial charge is 0.308 e. The third-order valence-electron chi connectivity index (χ3n) is 4.89. The molecule has 29 heavy (non-hydrogen) atoms. The molecule has 0 atom stereocenters. The summed E-state index contributed by atoms with van der Waals surface area (Å²) in [4.78, 5) is 21.9. The maximum absolute atomic E-state index is 13.3. The Hall–Kier alpha value is -1.66. The van der Waals surface area contributed by atoms with Crippen molar-refractivity contribution in [2.24, 2.45) is 0 Å². The van der Waals surface area contributed by atoms with E-state index in [1.165, 1.54) is 5.56 Å². The van der Waals surface area contributed by atoms with Crippen LogP contribution in [0.3, 0.4) is 0 Å². The van der Waals surface area contributed by atoms with Crippen molar-refractivity contribution in [1.29, 1.82) is 0 Å². The lowest BCUT2D eigenvalue weighted by atomic mass is 10.0. The van der Waals surface area contributed by atoms with Crippen molar-refractivity contribution in [3.8, 4) is 0 Å². The predicted octanol–water partition coefficient (Wildman–Crippen LogP) is 5.43. The molecule has 0 N–H and O–H groups in total. The second kappa shape index (κ2) is 9.90. The van der Waals surface area contributed by atoms with Crippen molar-refractivity contribution < 1.29 is 4.79 Å². The Balaban J connectivity index is 0.00000300. The summed E-state index contributed by atoms with van der Waals surface area (Å²) in [5.74, 6) is 0.0679. The van der Waals surface area contributed by atoms with Crippen LogP contribution in [0.15, 0.2) is 30.3 Å². The van der Waals surface area contributed by atoms with Crippen LogP contribution in [0.5, 0.6) is 0 Å². The van der Waals surface area contributed by atoms with Gasteiger partial charge in [0, 0.05) is 18.1 Å². The van der Waals surface area contributed by atoms with Gasteiger partial charge in [-0.05, 0) is 63.7 Å². The molecule has 1 amide bonds. The molecule has 1 aromatic heterocycles. The summed E-state index contributed by atoms with van der Waals surface area (Å²) in [6.07, 6.45) is 0.372. The lowest BCUT2D eigenvalue weighted by Crippen LogP contribution is -2.37. The van der Waals surface area contributed by atoms with E-state index in [0.717, 1.165) is 38.6 Å². The number of carbonyl (C=O) groups excluding carboxylic acids is 1. The topological polar surface area (TPSA) is 36.4 Å². The van der Waals surface area contributed by atoms with Crippen LogP contribution in [0.1, 0.15) is 22.3 Å². The van der Waals surface area contributed by atoms with Gasteiger partial charge < -0.3 is 4.90 Å². The lowest BCUT2D eigenvalue weighted by Gasteiger charge is -2.22. The maximum atomic E-state index is 13.3. The molecule has 4 nitrogen and oxygen atoms in total. The fourth-order valence-corrected chi connectivity index (χ4v) is 4.30. The molecule has 3 aromatic rings. The normalized spacial score (nSPS) is 11.0. The summed E-state index contributed by atoms with van der Waals surface area (Å²) in [7, 11) is 4.02. The van der Waals surface area contributed by atoms with E-state index >= 15 is 0 Å². The quantitative estimate of drug-likeness (QED) is 0.500. The number of carbonyl (C=O) groups is 1. The van der Waals surface area contributed by atoms with E-state index < -0.39 is 0 Å². The molecule has 2 aromatic carbocycles. The fourth-order valence-electron chi connectivity index (χ4n) is 3.08. The van der Waals surface area contributed by atoms with Crippen LogP contribution in [0.4, 0.5) is 5.13 Å². The van der Waals surface area contributed by atoms with E-state index in [2.05, 4.69) is 36.9 Å². The summed E-state index contributed by atoms with van der Waals surface area (Å²) >= 11 is 7.80. The summed E-state index contributed by atoms with van der Waals surface area (Å²) < 4.78 is 1.05. The zero-order valence-corrected chi connectivity index (χ0v) is 19.8. The Bertz CT molecular complexity index is 1020. The monoisotopic (exact) mass is 451 g/mol. The molecular weight excluding hydrogens is 425 g/mol. The fraction of sp³-hybridized carbons (Fsp3) is 0.364. The lowest BCUT2D eigenvalue weighted by molar-refractivity contribution is -0.118. The standard InChI is InChI=1S/C22H26ClN3OS.ClH/c1-14-6-7-15(2)17(12-14)13-20(27)26(11-10-25(4)5)22-24-21-16(3)18(23)8-9-19(21)28-22;/h6-9,12H,10-11,13H2,1-5H3;1H. The van der Waals surface area contributed by atoms with Gasteiger partial charge in [0.25, 0.3) is 0 Å². The number of benzene rings is 2. The minimum Gasteiger partial charge on any atom is -0.308 e. The minimum atomic E-state index is 0. The van der Waals surface area contributed by atoms with Crippen LogP contribution in [-0.4, -0.2) is 43.0 Å². The second-order valence-corrected chi connectivity index (χ2v) is 8.89. The van der Waals surface area contributed by atoms with Gasteiger partial charge >= 0.3 is 0 Å². The maximum Gasteiger partial charge on any atom is 0.233 e. The Labute approximate surface area is 187 Å². The van der Waals surface area contributed by atoms with Crippen LogP contribution in [0.2, 0.25) is 5.02 Å². The van der Waals surface area contributed by atoms with Gasteiger partial charge in [-0.15, -0.1) is 12.4 Å². The highest BCUT2D eigenvalue weighted by Crippen LogP contribution is 2.33. The number of nitrogens with zero attached hydrogens (tertiary/aromatic N) is 3. The molecule has 3 rings (SSSR count). The van der Waals surface area contributed by atoms with Crippen molar-refractivity contribution in [2.45, 2.75) is 27.2 Å². The van der Waals surface area contributed by atoms with Crippen LogP contribution in [0.25, 0.3) is 10.2 Å². The summed E-state index contributed by atoms with van der Waals surface area (Å²) in [5, 5.41) is 1.43. The third-order valence-corrected chi connectivity index (χ3v) is 6.34. The van der Waals surface area contributed by atoms with E-state index in [-0.39, 0.29) is 18.3 Å². The van der Waals surface area contributed by atoms with E-state index in [1.807, 2.05) is 38.1 Å². The van der Waals surface area contributed by atoms with Crippen LogP contribution >= 0.6 is 35.3 Å². The molecule has 0 bridgehead atoms. The van der Waals surface area contributed by atoms with Gasteiger partial charge in [0.1, 0.15) is 0 Å². The molecule has 0 fully saturated rings. The van der Waals surface area contributed by atoms with Crippen LogP contribution in [0, 0.1) is 20.8 Å². The Kier molecular flexibility index (Phi) is 8.06. The summed E-state index contributed by atoms with van der Waals surface area (Å²) in [6.45, 7) is 7.44. The van der Waals surface area contributed by atoms with Gasteiger partial charge in [-0.25, -0.2) is 4.98 Å². The summed E-state index contributed by atoms with van der Waals surface area (Å²) in [5.41, 5.74) is 5.20. The Morgan fingerprint density at radius 3 is 2.52 bits per heavy atom. The number of aryl methyl sites for hydroxylation is 3. The van der Waals surface area contributed by atoms with E-state index in [0.29, 0.717) is 18.0 Å². The molecular formula is C22H27Cl2N3OS. The summed E-state index contributed by atoms with van der Waals surface area (Å²) in [6, 6.07) is 10.1. The number of hydrogen-bond acceptors (Lipinski definition) is 4. The first-order valence-electron chi connectivity index (χ1n) is 9.33. The highest BCUT2D eigenvalue weighted by atomic mass is 35.5. The smallest absolute Gasteiger partial charge is 0.233 e. The number of anilines is 1. The van der Waals surface area contributed by atoms with Gasteiger partial charge in [0.15, 0.2) is 5.13 Å². The van der Waals surface area contributed by atoms with E-state index in [1.54, 1.807) is 11.3 Å². The van der Waals surface area contributed by atoms with E-state index in [4.69, 9.17) is 16.6 Å². The van der Waals surface area contributed by atoms with E-state index in [9.17, 15) is 4.79 Å². The Morgan fingerprint density at radius 1 is 1.10 bits per heavy atom. The predicted molar refractivity (Wildman–Crippen MR) is 127 cm³/mol. The first kappa shape index (κ1) is 23.6. The Morgan fingerprint density at radius 2 is 1.83 bits per heavy atom. The third kappa shape index (κ3) is 5.48. The van der Waals surface area contributed by atoms with Gasteiger partial charge in [-0.2, -0.15) is 0 Å². The molecule has 0 spiro atoms. The molecule has 0 aliphatic rings. The van der Waals surface area contributed by atoms with Crippen LogP contribution < -0.4 is 4.90 Å². The number of thiazole rings is 1. The first-order valence-corrected chi connectivity index (χ1v) is 10.5. The highest BCUT2D eigenvalue weighted by Gasteiger charge is 2.21. The van der Waals surface area contributed by atoms with Crippen molar-refractivity contribution in [1.82, 2.24) is 9.88 Å². The molecule has 0 unspecified atom stereocenters. The molecule has 0 saturated heterocycles. The molecule has 0 saturated carbocycles. The number of fused-ring (bicyclic) bond motifs is 1. The van der Waals surface area contributed by atoms with Crippen LogP contribution in [-0.2, 0) is 11.2 Å². The van der Waals surface area contributed by atoms with Gasteiger partial charge in [-0.3, -0.25) is 9.69 Å². The first-order chi connectivity index (χ1) is 13.3. The average molecular weight is 452 g/mol. The zero-order chi connectivity index (χ0) is 20.4. The van der Waals surface area contributed by atoms with Crippen molar-refractivity contribution >= 4 is 56.6 Å². The number of hydrogen-bond donors (Lipinski definition) is 0. The van der Waals surface area contributed by atoms with Crippen molar-refractivity contribution in [2.75, 3.05) is 32.1 Å². The average Bonchev–Trinajstić information content (AvgIpc) is 3.06. The molecule has 0 aliphatic carbocycles. The van der Waals surface area contributed by atoms with Crippen molar-refractivity contribution in [3.05, 3.63) is 57.6 Å². The highest BCUT2D eigenvalue weighted by molar-refractivity contribution is 7.22. The number of aromatic nitrogens is 1. The number of halogens is 2. The SMILES string of the molecule is Cc1ccc(C)c(CC(=O)N(CCN(C)C)c2nc3c(C)c(Cl)ccc3s2)c1.Cl. The minimum absolute atomic E-state index is 0. The molecule has 0 aliphatic heterocycles. The molecule has 0 radical (unpaired) electrons. The molecule has 156 valence electrons. The number of amides is 1. The molecule has 7 heteroatoms. The number of rotatable bonds is 6. The van der Waals surface area contributed by atoms with Gasteiger partial charge in [-0.1, -0.05) is 46.7 Å². The molecule has 1 heterocycles. The second-order valence-electron chi connectivity index (χ2n) is 7.47. The van der Waals surface area contributed by atoms with Gasteiger partial charge in [0.05, 0.1) is 16.6 Å². The van der Waals surface area contributed by atoms with Crippen molar-refractivity contribution in [3.63, 3.8) is 0 Å². The van der Waals surface area contributed by atoms with Gasteiger partial charge in [0.2, 0.25) is 5.91 Å².